The second-order valence-corrected chi connectivity index (χ2v) is 4.57. The Balaban J connectivity index is 2.98. The molecule has 0 fully saturated rings. The Bertz CT molecular complexity index is 338. The van der Waals surface area contributed by atoms with Crippen molar-refractivity contribution in [2.45, 2.75) is 45.6 Å². The van der Waals surface area contributed by atoms with Crippen LogP contribution < -0.4 is 11.1 Å². The number of rotatable bonds is 5. The van der Waals surface area contributed by atoms with Crippen LogP contribution in [-0.4, -0.2) is 5.54 Å². The summed E-state index contributed by atoms with van der Waals surface area (Å²) in [7, 11) is 0. The smallest absolute Gasteiger partial charge is 0.0739 e. The molecule has 0 amide bonds. The molecular formula is C13H21ClN2. The van der Waals surface area contributed by atoms with Crippen molar-refractivity contribution in [1.29, 1.82) is 0 Å². The Hall–Kier alpha value is -0.890. The number of nitrogens with one attached hydrogen (secondary N) is 1. The lowest BCUT2D eigenvalue weighted by Crippen LogP contribution is -2.36. The fraction of sp³-hybridized carbons (Fsp3) is 0.538. The second-order valence-electron chi connectivity index (χ2n) is 4.17. The summed E-state index contributed by atoms with van der Waals surface area (Å²) in [4.78, 5) is 0. The van der Waals surface area contributed by atoms with Gasteiger partial charge in [0.1, 0.15) is 0 Å². The summed E-state index contributed by atoms with van der Waals surface area (Å²) in [5, 5.41) is 4.15. The van der Waals surface area contributed by atoms with Gasteiger partial charge in [0.05, 0.1) is 16.4 Å². The van der Waals surface area contributed by atoms with Crippen LogP contribution in [0, 0.1) is 0 Å². The van der Waals surface area contributed by atoms with Gasteiger partial charge in [-0.2, -0.15) is 0 Å². The van der Waals surface area contributed by atoms with E-state index in [1.54, 1.807) is 0 Å². The van der Waals surface area contributed by atoms with E-state index in [9.17, 15) is 0 Å². The number of anilines is 2. The third-order valence-electron chi connectivity index (χ3n) is 3.48. The summed E-state index contributed by atoms with van der Waals surface area (Å²) in [6.07, 6.45) is 3.23. The summed E-state index contributed by atoms with van der Waals surface area (Å²) < 4.78 is 0. The van der Waals surface area contributed by atoms with E-state index in [-0.39, 0.29) is 5.54 Å². The van der Waals surface area contributed by atoms with Crippen molar-refractivity contribution in [1.82, 2.24) is 0 Å². The van der Waals surface area contributed by atoms with Gasteiger partial charge in [0.2, 0.25) is 0 Å². The highest BCUT2D eigenvalue weighted by Crippen LogP contribution is 2.32. The van der Waals surface area contributed by atoms with Gasteiger partial charge in [0, 0.05) is 5.54 Å². The van der Waals surface area contributed by atoms with Crippen LogP contribution in [0.3, 0.4) is 0 Å². The monoisotopic (exact) mass is 240 g/mol. The molecule has 1 rings (SSSR count). The molecule has 0 heterocycles. The standard InChI is InChI=1S/C13H21ClN2/c1-4-13(5-2,6-3)16-11-9-7-8-10(14)12(11)15/h7-9,16H,4-6,15H2,1-3H3. The molecule has 16 heavy (non-hydrogen) atoms. The van der Waals surface area contributed by atoms with Gasteiger partial charge >= 0.3 is 0 Å². The third-order valence-corrected chi connectivity index (χ3v) is 3.81. The highest BCUT2D eigenvalue weighted by atomic mass is 35.5. The lowest BCUT2D eigenvalue weighted by Gasteiger charge is -2.33. The van der Waals surface area contributed by atoms with Gasteiger partial charge in [-0.05, 0) is 31.4 Å². The highest BCUT2D eigenvalue weighted by molar-refractivity contribution is 6.33. The van der Waals surface area contributed by atoms with Crippen LogP contribution in [0.2, 0.25) is 5.02 Å². The predicted molar refractivity (Wildman–Crippen MR) is 73.1 cm³/mol. The Morgan fingerprint density at radius 3 is 2.25 bits per heavy atom. The van der Waals surface area contributed by atoms with Gasteiger partial charge in [0.25, 0.3) is 0 Å². The minimum absolute atomic E-state index is 0.124. The Kier molecular flexibility index (Phi) is 4.48. The van der Waals surface area contributed by atoms with E-state index in [0.29, 0.717) is 10.7 Å². The van der Waals surface area contributed by atoms with Crippen LogP contribution in [0.15, 0.2) is 18.2 Å². The molecule has 1 aromatic rings. The van der Waals surface area contributed by atoms with E-state index in [1.165, 1.54) is 0 Å². The lowest BCUT2D eigenvalue weighted by molar-refractivity contribution is 0.420. The third kappa shape index (κ3) is 2.62. The van der Waals surface area contributed by atoms with Crippen LogP contribution in [0.25, 0.3) is 0 Å². The van der Waals surface area contributed by atoms with Crippen molar-refractivity contribution in [2.75, 3.05) is 11.1 Å². The molecule has 3 N–H and O–H groups in total. The van der Waals surface area contributed by atoms with E-state index < -0.39 is 0 Å². The first-order valence-electron chi connectivity index (χ1n) is 5.90. The van der Waals surface area contributed by atoms with Gasteiger partial charge < -0.3 is 11.1 Å². The first kappa shape index (κ1) is 13.2. The highest BCUT2D eigenvalue weighted by Gasteiger charge is 2.24. The number of hydrogen-bond acceptors (Lipinski definition) is 2. The Labute approximate surface area is 103 Å². The quantitative estimate of drug-likeness (QED) is 0.753. The molecule has 0 aromatic heterocycles. The van der Waals surface area contributed by atoms with Crippen molar-refractivity contribution in [2.24, 2.45) is 0 Å². The average molecular weight is 241 g/mol. The van der Waals surface area contributed by atoms with Gasteiger partial charge in [-0.25, -0.2) is 0 Å². The molecular weight excluding hydrogens is 220 g/mol. The Morgan fingerprint density at radius 2 is 1.75 bits per heavy atom. The van der Waals surface area contributed by atoms with Crippen molar-refractivity contribution in [3.63, 3.8) is 0 Å². The molecule has 0 radical (unpaired) electrons. The molecule has 0 bridgehead atoms. The molecule has 0 saturated heterocycles. The minimum atomic E-state index is 0.124. The number of nitrogens with two attached hydrogens (primary N) is 1. The maximum absolute atomic E-state index is 6.01. The number of nitrogen functional groups attached to an aromatic ring is 1. The van der Waals surface area contributed by atoms with E-state index in [4.69, 9.17) is 17.3 Å². The SMILES string of the molecule is CCC(CC)(CC)Nc1cccc(Cl)c1N. The normalized spacial score (nSPS) is 11.5. The van der Waals surface area contributed by atoms with Crippen LogP contribution in [0.4, 0.5) is 11.4 Å². The molecule has 3 heteroatoms. The predicted octanol–water partition coefficient (Wildman–Crippen LogP) is 4.30. The van der Waals surface area contributed by atoms with Crippen molar-refractivity contribution < 1.29 is 0 Å². The second kappa shape index (κ2) is 5.44. The maximum atomic E-state index is 6.01. The summed E-state index contributed by atoms with van der Waals surface area (Å²) in [6, 6.07) is 5.72. The van der Waals surface area contributed by atoms with Crippen LogP contribution in [0.1, 0.15) is 40.0 Å². The summed E-state index contributed by atoms with van der Waals surface area (Å²) in [6.45, 7) is 6.59. The number of para-hydroxylation sites is 1. The summed E-state index contributed by atoms with van der Waals surface area (Å²) >= 11 is 6.01. The molecule has 0 atom stereocenters. The molecule has 90 valence electrons. The zero-order valence-corrected chi connectivity index (χ0v) is 11.1. The first-order valence-corrected chi connectivity index (χ1v) is 6.28. The van der Waals surface area contributed by atoms with Crippen molar-refractivity contribution in [3.8, 4) is 0 Å². The topological polar surface area (TPSA) is 38.0 Å². The lowest BCUT2D eigenvalue weighted by atomic mass is 9.89. The van der Waals surface area contributed by atoms with Gasteiger partial charge in [-0.3, -0.25) is 0 Å². The minimum Gasteiger partial charge on any atom is -0.396 e. The van der Waals surface area contributed by atoms with Crippen LogP contribution in [-0.2, 0) is 0 Å². The maximum Gasteiger partial charge on any atom is 0.0739 e. The van der Waals surface area contributed by atoms with Crippen LogP contribution in [0.5, 0.6) is 0 Å². The van der Waals surface area contributed by atoms with Crippen molar-refractivity contribution >= 4 is 23.0 Å². The zero-order valence-electron chi connectivity index (χ0n) is 10.3. The largest absolute Gasteiger partial charge is 0.396 e. The molecule has 0 aliphatic rings. The number of halogens is 1. The fourth-order valence-corrected chi connectivity index (χ4v) is 2.12. The fourth-order valence-electron chi connectivity index (χ4n) is 1.95. The molecule has 0 aliphatic heterocycles. The zero-order chi connectivity index (χ0) is 12.2. The summed E-state index contributed by atoms with van der Waals surface area (Å²) in [5.74, 6) is 0. The first-order chi connectivity index (χ1) is 7.58. The van der Waals surface area contributed by atoms with E-state index in [1.807, 2.05) is 18.2 Å². The van der Waals surface area contributed by atoms with E-state index in [0.717, 1.165) is 24.9 Å². The van der Waals surface area contributed by atoms with Crippen molar-refractivity contribution in [3.05, 3.63) is 23.2 Å². The van der Waals surface area contributed by atoms with E-state index >= 15 is 0 Å². The van der Waals surface area contributed by atoms with Crippen LogP contribution >= 0.6 is 11.6 Å². The molecule has 0 unspecified atom stereocenters. The molecule has 0 saturated carbocycles. The Morgan fingerprint density at radius 1 is 1.19 bits per heavy atom. The summed E-state index contributed by atoms with van der Waals surface area (Å²) in [5.41, 5.74) is 7.67. The molecule has 1 aromatic carbocycles. The van der Waals surface area contributed by atoms with Gasteiger partial charge in [0.15, 0.2) is 0 Å². The van der Waals surface area contributed by atoms with Gasteiger partial charge in [-0.15, -0.1) is 0 Å². The van der Waals surface area contributed by atoms with Gasteiger partial charge in [-0.1, -0.05) is 38.4 Å². The molecule has 2 nitrogen and oxygen atoms in total. The number of hydrogen-bond donors (Lipinski definition) is 2. The van der Waals surface area contributed by atoms with E-state index in [2.05, 4.69) is 26.1 Å². The molecule has 0 spiro atoms. The molecule has 0 aliphatic carbocycles. The average Bonchev–Trinajstić information content (AvgIpc) is 2.32. The number of benzene rings is 1.